The van der Waals surface area contributed by atoms with Crippen LogP contribution >= 0.6 is 23.1 Å². The summed E-state index contributed by atoms with van der Waals surface area (Å²) in [6.07, 6.45) is 3.16. The molecule has 0 fully saturated rings. The quantitative estimate of drug-likeness (QED) is 0.114. The molecule has 5 rings (SSSR count). The fraction of sp³-hybridized carbons (Fsp3) is 0.351. The van der Waals surface area contributed by atoms with Gasteiger partial charge < -0.3 is 20.5 Å². The number of fused-ring (bicyclic) bond motifs is 2. The number of amides is 2. The smallest absolute Gasteiger partial charge is 0.341 e. The summed E-state index contributed by atoms with van der Waals surface area (Å²) in [6, 6.07) is 17.2. The maximum absolute atomic E-state index is 13.7. The van der Waals surface area contributed by atoms with Crippen molar-refractivity contribution in [3.05, 3.63) is 87.8 Å². The average molecular weight is 673 g/mol. The molecule has 47 heavy (non-hydrogen) atoms. The molecule has 0 saturated heterocycles. The van der Waals surface area contributed by atoms with Crippen molar-refractivity contribution in [1.82, 2.24) is 0 Å². The Bertz CT molecular complexity index is 1840. The summed E-state index contributed by atoms with van der Waals surface area (Å²) in [5.41, 5.74) is 2.45. The van der Waals surface area contributed by atoms with Crippen molar-refractivity contribution in [2.24, 2.45) is 11.3 Å². The molecule has 246 valence electrons. The number of carbonyl (C=O) groups is 4. The van der Waals surface area contributed by atoms with Gasteiger partial charge in [0.1, 0.15) is 5.00 Å². The van der Waals surface area contributed by atoms with E-state index in [-0.39, 0.29) is 29.1 Å². The molecule has 3 aromatic carbocycles. The van der Waals surface area contributed by atoms with Crippen LogP contribution in [0.3, 0.4) is 0 Å². The summed E-state index contributed by atoms with van der Waals surface area (Å²) in [5, 5.41) is 16.8. The maximum atomic E-state index is 13.7. The minimum absolute atomic E-state index is 0.0566. The van der Waals surface area contributed by atoms with Crippen LogP contribution in [0.25, 0.3) is 10.8 Å². The van der Waals surface area contributed by atoms with Gasteiger partial charge >= 0.3 is 11.9 Å². The van der Waals surface area contributed by atoms with Gasteiger partial charge in [0.15, 0.2) is 0 Å². The molecule has 0 radical (unpaired) electrons. The summed E-state index contributed by atoms with van der Waals surface area (Å²) in [7, 11) is 0. The summed E-state index contributed by atoms with van der Waals surface area (Å²) >= 11 is 2.86. The molecule has 1 aromatic heterocycles. The molecule has 4 aromatic rings. The number of thiophene rings is 1. The van der Waals surface area contributed by atoms with E-state index in [9.17, 15) is 24.3 Å². The van der Waals surface area contributed by atoms with Gasteiger partial charge in [0.05, 0.1) is 23.0 Å². The number of hydrogen-bond donors (Lipinski definition) is 3. The van der Waals surface area contributed by atoms with Crippen LogP contribution in [0.4, 0.5) is 10.7 Å². The van der Waals surface area contributed by atoms with Crippen molar-refractivity contribution in [1.29, 1.82) is 0 Å². The Kier molecular flexibility index (Phi) is 10.4. The topological polar surface area (TPSA) is 122 Å². The third-order valence-corrected chi connectivity index (χ3v) is 11.1. The second-order valence-corrected chi connectivity index (χ2v) is 15.1. The fourth-order valence-corrected chi connectivity index (χ4v) is 8.40. The maximum Gasteiger partial charge on any atom is 0.341 e. The number of esters is 1. The molecule has 1 aliphatic carbocycles. The first-order chi connectivity index (χ1) is 22.4. The highest BCUT2D eigenvalue weighted by molar-refractivity contribution is 8.00. The van der Waals surface area contributed by atoms with Crippen LogP contribution in [0.5, 0.6) is 0 Å². The van der Waals surface area contributed by atoms with E-state index in [1.807, 2.05) is 13.0 Å². The molecule has 1 heterocycles. The van der Waals surface area contributed by atoms with Gasteiger partial charge in [0.25, 0.3) is 5.91 Å². The number of carboxylic acid groups (broad SMARTS) is 1. The van der Waals surface area contributed by atoms with Gasteiger partial charge in [-0.3, -0.25) is 9.59 Å². The predicted molar refractivity (Wildman–Crippen MR) is 189 cm³/mol. The van der Waals surface area contributed by atoms with E-state index in [4.69, 9.17) is 4.74 Å². The van der Waals surface area contributed by atoms with E-state index < -0.39 is 23.1 Å². The molecule has 10 heteroatoms. The van der Waals surface area contributed by atoms with E-state index in [1.165, 1.54) is 29.2 Å². The van der Waals surface area contributed by atoms with Gasteiger partial charge in [0.2, 0.25) is 5.91 Å². The molecule has 0 aliphatic heterocycles. The highest BCUT2D eigenvalue weighted by atomic mass is 32.2. The van der Waals surface area contributed by atoms with E-state index >= 15 is 0 Å². The lowest BCUT2D eigenvalue weighted by Crippen LogP contribution is -2.27. The number of carboxylic acids is 1. The fourth-order valence-electron chi connectivity index (χ4n) is 6.07. The Morgan fingerprint density at radius 1 is 1.00 bits per heavy atom. The molecular formula is C37H40N2O6S2. The average Bonchev–Trinajstić information content (AvgIpc) is 3.39. The second kappa shape index (κ2) is 14.3. The van der Waals surface area contributed by atoms with E-state index in [1.54, 1.807) is 55.5 Å². The zero-order chi connectivity index (χ0) is 33.9. The largest absolute Gasteiger partial charge is 0.478 e. The molecule has 2 atom stereocenters. The van der Waals surface area contributed by atoms with Gasteiger partial charge in [-0.1, -0.05) is 58.0 Å². The highest BCUT2D eigenvalue weighted by Crippen LogP contribution is 2.45. The lowest BCUT2D eigenvalue weighted by atomic mass is 9.72. The molecular weight excluding hydrogens is 633 g/mol. The van der Waals surface area contributed by atoms with Gasteiger partial charge in [-0.2, -0.15) is 0 Å². The lowest BCUT2D eigenvalue weighted by molar-refractivity contribution is -0.115. The van der Waals surface area contributed by atoms with Crippen LogP contribution < -0.4 is 10.6 Å². The number of benzene rings is 3. The number of nitrogens with one attached hydrogen (secondary N) is 2. The molecule has 2 unspecified atom stereocenters. The third-order valence-electron chi connectivity index (χ3n) is 8.62. The number of carbonyl (C=O) groups excluding carboxylic acids is 3. The Hall–Kier alpha value is -4.15. The van der Waals surface area contributed by atoms with Gasteiger partial charge in [-0.25, -0.2) is 9.59 Å². The van der Waals surface area contributed by atoms with Crippen molar-refractivity contribution in [2.45, 2.75) is 70.4 Å². The minimum atomic E-state index is -1.11. The number of rotatable bonds is 10. The standard InChI is InChI=1S/C37H40N2O6S2/c1-6-28(33(41)39-34-31(36(44)45-7-2)25-18-17-22(37(3,4)5)19-29(25)47-34)46-24-14-10-13-23(20-24)38-32(40)26-15-8-11-21-12-9-16-27(30(21)26)35(42)43/h8-16,20,22,28H,6-7,17-19H2,1-5H3,(H,38,40)(H,39,41)(H,42,43). The second-order valence-electron chi connectivity index (χ2n) is 12.7. The molecule has 1 aliphatic rings. The molecule has 0 bridgehead atoms. The Morgan fingerprint density at radius 3 is 2.36 bits per heavy atom. The predicted octanol–water partition coefficient (Wildman–Crippen LogP) is 8.69. The third kappa shape index (κ3) is 7.55. The van der Waals surface area contributed by atoms with Crippen LogP contribution in [-0.4, -0.2) is 40.7 Å². The first kappa shape index (κ1) is 34.2. The van der Waals surface area contributed by atoms with Crippen LogP contribution in [0.2, 0.25) is 0 Å². The zero-order valence-electron chi connectivity index (χ0n) is 27.3. The van der Waals surface area contributed by atoms with Crippen molar-refractivity contribution in [3.63, 3.8) is 0 Å². The number of hydrogen-bond acceptors (Lipinski definition) is 7. The van der Waals surface area contributed by atoms with Crippen LogP contribution in [-0.2, 0) is 22.4 Å². The Labute approximate surface area is 283 Å². The number of aromatic carboxylic acids is 1. The van der Waals surface area contributed by atoms with Gasteiger partial charge in [-0.15, -0.1) is 23.1 Å². The Morgan fingerprint density at radius 2 is 1.70 bits per heavy atom. The summed E-state index contributed by atoms with van der Waals surface area (Å²) in [5.74, 6) is -1.66. The van der Waals surface area contributed by atoms with Gasteiger partial charge in [0, 0.05) is 26.4 Å². The highest BCUT2D eigenvalue weighted by Gasteiger charge is 2.35. The molecule has 0 saturated carbocycles. The van der Waals surface area contributed by atoms with Crippen LogP contribution in [0.15, 0.2) is 65.6 Å². The van der Waals surface area contributed by atoms with E-state index in [0.717, 1.165) is 34.6 Å². The van der Waals surface area contributed by atoms with Crippen LogP contribution in [0.1, 0.15) is 89.0 Å². The number of ether oxygens (including phenoxy) is 1. The molecule has 8 nitrogen and oxygen atoms in total. The van der Waals surface area contributed by atoms with Gasteiger partial charge in [-0.05, 0) is 85.2 Å². The number of anilines is 2. The summed E-state index contributed by atoms with van der Waals surface area (Å²) in [6.45, 7) is 10.7. The summed E-state index contributed by atoms with van der Waals surface area (Å²) in [4.78, 5) is 54.0. The zero-order valence-corrected chi connectivity index (χ0v) is 28.9. The van der Waals surface area contributed by atoms with E-state index in [2.05, 4.69) is 31.4 Å². The molecule has 3 N–H and O–H groups in total. The number of thioether (sulfide) groups is 1. The summed E-state index contributed by atoms with van der Waals surface area (Å²) < 4.78 is 5.42. The molecule has 2 amide bonds. The van der Waals surface area contributed by atoms with Crippen molar-refractivity contribution in [3.8, 4) is 0 Å². The first-order valence-electron chi connectivity index (χ1n) is 15.9. The van der Waals surface area contributed by atoms with E-state index in [0.29, 0.717) is 39.4 Å². The lowest BCUT2D eigenvalue weighted by Gasteiger charge is -2.33. The van der Waals surface area contributed by atoms with Crippen molar-refractivity contribution in [2.75, 3.05) is 17.2 Å². The Balaban J connectivity index is 1.34. The minimum Gasteiger partial charge on any atom is -0.478 e. The SMILES string of the molecule is CCOC(=O)c1c(NC(=O)C(CC)Sc2cccc(NC(=O)c3cccc4cccc(C(=O)O)c34)c2)sc2c1CCC(C(C)(C)C)C2. The van der Waals surface area contributed by atoms with Crippen molar-refractivity contribution >= 4 is 68.3 Å². The van der Waals surface area contributed by atoms with Crippen LogP contribution in [0, 0.1) is 11.3 Å². The monoisotopic (exact) mass is 672 g/mol. The van der Waals surface area contributed by atoms with Crippen molar-refractivity contribution < 1.29 is 29.0 Å². The molecule has 0 spiro atoms. The normalized spacial score (nSPS) is 15.0. The first-order valence-corrected chi connectivity index (χ1v) is 17.6.